The van der Waals surface area contributed by atoms with E-state index in [4.69, 9.17) is 4.42 Å². The van der Waals surface area contributed by atoms with Gasteiger partial charge in [-0.05, 0) is 44.0 Å². The van der Waals surface area contributed by atoms with Gasteiger partial charge in [0.25, 0.3) is 0 Å². The lowest BCUT2D eigenvalue weighted by atomic mass is 9.92. The first-order valence-electron chi connectivity index (χ1n) is 9.15. The van der Waals surface area contributed by atoms with Crippen LogP contribution in [0.15, 0.2) is 52.9 Å². The molecule has 0 unspecified atom stereocenters. The Hall–Kier alpha value is -2.37. The van der Waals surface area contributed by atoms with E-state index in [1.165, 1.54) is 0 Å². The molecule has 3 aromatic rings. The van der Waals surface area contributed by atoms with Crippen molar-refractivity contribution in [2.24, 2.45) is 5.92 Å². The Morgan fingerprint density at radius 3 is 2.85 bits per heavy atom. The third-order valence-corrected chi connectivity index (χ3v) is 4.89. The summed E-state index contributed by atoms with van der Waals surface area (Å²) in [4.78, 5) is 17.1. The lowest BCUT2D eigenvalue weighted by Crippen LogP contribution is -2.40. The third kappa shape index (κ3) is 4.67. The summed E-state index contributed by atoms with van der Waals surface area (Å²) in [5.41, 5.74) is 3.43. The van der Waals surface area contributed by atoms with Crippen LogP contribution in [0, 0.1) is 5.92 Å². The van der Waals surface area contributed by atoms with E-state index < -0.39 is 0 Å². The average molecular weight is 386 g/mol. The number of hydrogen-bond acceptors (Lipinski definition) is 4. The number of benzene rings is 2. The van der Waals surface area contributed by atoms with Gasteiger partial charge in [-0.2, -0.15) is 0 Å². The highest BCUT2D eigenvalue weighted by atomic mass is 35.5. The quantitative estimate of drug-likeness (QED) is 0.707. The second-order valence-electron chi connectivity index (χ2n) is 7.02. The summed E-state index contributed by atoms with van der Waals surface area (Å²) in [7, 11) is 0. The molecule has 2 atom stereocenters. The van der Waals surface area contributed by atoms with Crippen LogP contribution in [0.5, 0.6) is 0 Å². The van der Waals surface area contributed by atoms with E-state index >= 15 is 0 Å². The molecular weight excluding hydrogens is 362 g/mol. The highest BCUT2D eigenvalue weighted by Gasteiger charge is 2.24. The van der Waals surface area contributed by atoms with Crippen LogP contribution in [-0.4, -0.2) is 23.5 Å². The normalized spacial score (nSPS) is 19.4. The number of nitrogens with zero attached hydrogens (tertiary/aromatic N) is 1. The van der Waals surface area contributed by atoms with Crippen LogP contribution in [0.25, 0.3) is 11.1 Å². The highest BCUT2D eigenvalue weighted by molar-refractivity contribution is 5.94. The van der Waals surface area contributed by atoms with Gasteiger partial charge in [0.15, 0.2) is 11.5 Å². The molecule has 5 nitrogen and oxygen atoms in total. The van der Waals surface area contributed by atoms with Crippen molar-refractivity contribution in [1.29, 1.82) is 0 Å². The number of rotatable bonds is 4. The second kappa shape index (κ2) is 8.55. The summed E-state index contributed by atoms with van der Waals surface area (Å²) in [6.07, 6.45) is 2.41. The van der Waals surface area contributed by atoms with Crippen LogP contribution in [0.3, 0.4) is 0 Å². The number of nitrogens with one attached hydrogen (secondary N) is 2. The van der Waals surface area contributed by atoms with E-state index in [0.717, 1.165) is 36.2 Å². The molecule has 1 fully saturated rings. The number of fused-ring (bicyclic) bond motifs is 1. The maximum absolute atomic E-state index is 12.5. The van der Waals surface area contributed by atoms with Crippen molar-refractivity contribution in [3.63, 3.8) is 0 Å². The lowest BCUT2D eigenvalue weighted by molar-refractivity contribution is -0.120. The zero-order valence-corrected chi connectivity index (χ0v) is 16.1. The fraction of sp³-hybridized carbons (Fsp3) is 0.333. The van der Waals surface area contributed by atoms with Gasteiger partial charge in [-0.15, -0.1) is 12.4 Å². The zero-order valence-electron chi connectivity index (χ0n) is 15.3. The van der Waals surface area contributed by atoms with E-state index in [2.05, 4.69) is 34.7 Å². The van der Waals surface area contributed by atoms with Gasteiger partial charge in [0.1, 0.15) is 5.52 Å². The predicted octanol–water partition coefficient (Wildman–Crippen LogP) is 4.17. The molecule has 2 N–H and O–H groups in total. The average Bonchev–Trinajstić information content (AvgIpc) is 3.04. The SMILES string of the molecule is C[C@H]1C[C@@H](C(=O)Nc2ccc3nc(Cc4ccccc4)oc3c2)CCN1.Cl. The summed E-state index contributed by atoms with van der Waals surface area (Å²) >= 11 is 0. The van der Waals surface area contributed by atoms with E-state index in [-0.39, 0.29) is 24.2 Å². The lowest BCUT2D eigenvalue weighted by Gasteiger charge is -2.27. The smallest absolute Gasteiger partial charge is 0.227 e. The Morgan fingerprint density at radius 2 is 2.07 bits per heavy atom. The maximum Gasteiger partial charge on any atom is 0.227 e. The molecule has 0 radical (unpaired) electrons. The van der Waals surface area contributed by atoms with Gasteiger partial charge in [0.05, 0.1) is 0 Å². The van der Waals surface area contributed by atoms with Crippen molar-refractivity contribution in [3.8, 4) is 0 Å². The first-order chi connectivity index (χ1) is 12.7. The van der Waals surface area contributed by atoms with Crippen LogP contribution in [0.1, 0.15) is 31.2 Å². The minimum Gasteiger partial charge on any atom is -0.440 e. The van der Waals surface area contributed by atoms with Crippen LogP contribution in [0.4, 0.5) is 5.69 Å². The van der Waals surface area contributed by atoms with Crippen LogP contribution in [0.2, 0.25) is 0 Å². The molecule has 0 spiro atoms. The second-order valence-corrected chi connectivity index (χ2v) is 7.02. The van der Waals surface area contributed by atoms with Crippen molar-refractivity contribution in [1.82, 2.24) is 10.3 Å². The number of halogens is 1. The molecule has 1 aliphatic rings. The van der Waals surface area contributed by atoms with Gasteiger partial charge in [0, 0.05) is 30.1 Å². The summed E-state index contributed by atoms with van der Waals surface area (Å²) in [6.45, 7) is 3.01. The van der Waals surface area contributed by atoms with Crippen molar-refractivity contribution >= 4 is 35.1 Å². The molecule has 1 aliphatic heterocycles. The number of carbonyl (C=O) groups excluding carboxylic acids is 1. The van der Waals surface area contributed by atoms with E-state index in [1.807, 2.05) is 36.4 Å². The minimum atomic E-state index is 0. The number of amides is 1. The summed E-state index contributed by atoms with van der Waals surface area (Å²) in [5.74, 6) is 0.828. The molecule has 1 aromatic heterocycles. The van der Waals surface area contributed by atoms with Crippen LogP contribution in [-0.2, 0) is 11.2 Å². The van der Waals surface area contributed by atoms with E-state index in [9.17, 15) is 4.79 Å². The number of anilines is 1. The molecule has 2 heterocycles. The first-order valence-corrected chi connectivity index (χ1v) is 9.15. The topological polar surface area (TPSA) is 67.2 Å². The molecule has 4 rings (SSSR count). The van der Waals surface area contributed by atoms with Crippen molar-refractivity contribution in [3.05, 3.63) is 60.0 Å². The summed E-state index contributed by atoms with van der Waals surface area (Å²) < 4.78 is 5.88. The van der Waals surface area contributed by atoms with Gasteiger partial charge < -0.3 is 15.1 Å². The number of oxazole rings is 1. The fourth-order valence-corrected chi connectivity index (χ4v) is 3.51. The standard InChI is InChI=1S/C21H23N3O2.ClH/c1-14-11-16(9-10-22-14)21(25)23-17-7-8-18-19(13-17)26-20(24-18)12-15-5-3-2-4-6-15;/h2-8,13-14,16,22H,9-12H2,1H3,(H,23,25);1H/t14-,16-;/m0./s1. The molecule has 0 bridgehead atoms. The number of aromatic nitrogens is 1. The van der Waals surface area contributed by atoms with Crippen molar-refractivity contribution < 1.29 is 9.21 Å². The summed E-state index contributed by atoms with van der Waals surface area (Å²) in [6, 6.07) is 16.2. The predicted molar refractivity (Wildman–Crippen MR) is 109 cm³/mol. The van der Waals surface area contributed by atoms with Gasteiger partial charge >= 0.3 is 0 Å². The fourth-order valence-electron chi connectivity index (χ4n) is 3.51. The maximum atomic E-state index is 12.5. The molecule has 142 valence electrons. The Bertz CT molecular complexity index is 910. The molecule has 0 saturated carbocycles. The molecule has 0 aliphatic carbocycles. The van der Waals surface area contributed by atoms with Crippen LogP contribution < -0.4 is 10.6 Å². The van der Waals surface area contributed by atoms with Gasteiger partial charge in [-0.1, -0.05) is 30.3 Å². The highest BCUT2D eigenvalue weighted by Crippen LogP contribution is 2.23. The van der Waals surface area contributed by atoms with Gasteiger partial charge in [-0.3, -0.25) is 4.79 Å². The first kappa shape index (κ1) is 19.4. The molecule has 1 saturated heterocycles. The Labute approximate surface area is 165 Å². The van der Waals surface area contributed by atoms with E-state index in [0.29, 0.717) is 23.9 Å². The number of hydrogen-bond donors (Lipinski definition) is 2. The Kier molecular flexibility index (Phi) is 6.14. The van der Waals surface area contributed by atoms with Crippen LogP contribution >= 0.6 is 12.4 Å². The minimum absolute atomic E-state index is 0. The third-order valence-electron chi connectivity index (χ3n) is 4.89. The molecule has 2 aromatic carbocycles. The van der Waals surface area contributed by atoms with Crippen molar-refractivity contribution in [2.45, 2.75) is 32.2 Å². The monoisotopic (exact) mass is 385 g/mol. The number of piperidine rings is 1. The zero-order chi connectivity index (χ0) is 17.9. The Balaban J connectivity index is 0.00000210. The van der Waals surface area contributed by atoms with Gasteiger partial charge in [0.2, 0.25) is 5.91 Å². The largest absolute Gasteiger partial charge is 0.440 e. The van der Waals surface area contributed by atoms with Gasteiger partial charge in [-0.25, -0.2) is 4.98 Å². The summed E-state index contributed by atoms with van der Waals surface area (Å²) in [5, 5.41) is 6.40. The van der Waals surface area contributed by atoms with E-state index in [1.54, 1.807) is 0 Å². The number of carbonyl (C=O) groups is 1. The molecule has 6 heteroatoms. The Morgan fingerprint density at radius 1 is 1.26 bits per heavy atom. The molecule has 27 heavy (non-hydrogen) atoms. The van der Waals surface area contributed by atoms with Crippen molar-refractivity contribution in [2.75, 3.05) is 11.9 Å². The molecular formula is C21H24ClN3O2. The molecule has 1 amide bonds.